The first-order chi connectivity index (χ1) is 13.1. The molecule has 0 aliphatic carbocycles. The molecule has 0 saturated carbocycles. The van der Waals surface area contributed by atoms with Crippen LogP contribution in [-0.2, 0) is 29.0 Å². The molecular weight excluding hydrogens is 340 g/mol. The lowest BCUT2D eigenvalue weighted by Crippen LogP contribution is -2.38. The molecule has 2 aliphatic heterocycles. The van der Waals surface area contributed by atoms with Crippen molar-refractivity contribution in [2.45, 2.75) is 45.2 Å². The molecule has 6 nitrogen and oxygen atoms in total. The molecule has 1 saturated heterocycles. The third-order valence-corrected chi connectivity index (χ3v) is 5.46. The normalized spacial score (nSPS) is 19.1. The summed E-state index contributed by atoms with van der Waals surface area (Å²) < 4.78 is 0. The van der Waals surface area contributed by atoms with Crippen molar-refractivity contribution in [3.63, 3.8) is 0 Å². The summed E-state index contributed by atoms with van der Waals surface area (Å²) in [5.41, 5.74) is 3.06. The fourth-order valence-corrected chi connectivity index (χ4v) is 4.00. The molecule has 27 heavy (non-hydrogen) atoms. The number of carbonyl (C=O) groups is 2. The van der Waals surface area contributed by atoms with Gasteiger partial charge in [-0.05, 0) is 18.4 Å². The van der Waals surface area contributed by atoms with Crippen molar-refractivity contribution in [1.29, 1.82) is 0 Å². The molecular formula is C21H24N4O2. The van der Waals surface area contributed by atoms with Crippen LogP contribution in [0.4, 0.5) is 0 Å². The zero-order valence-corrected chi connectivity index (χ0v) is 15.6. The molecule has 0 radical (unpaired) electrons. The molecule has 2 aromatic rings. The Hall–Kier alpha value is -2.76. The first-order valence-electron chi connectivity index (χ1n) is 9.55. The van der Waals surface area contributed by atoms with Crippen LogP contribution in [0.5, 0.6) is 0 Å². The summed E-state index contributed by atoms with van der Waals surface area (Å²) in [5.74, 6) is 0.955. The highest BCUT2D eigenvalue weighted by atomic mass is 16.2. The third-order valence-electron chi connectivity index (χ3n) is 5.46. The Morgan fingerprint density at radius 1 is 1.19 bits per heavy atom. The molecule has 2 amide bonds. The van der Waals surface area contributed by atoms with Gasteiger partial charge in [0.2, 0.25) is 11.8 Å². The zero-order valence-electron chi connectivity index (χ0n) is 15.6. The van der Waals surface area contributed by atoms with E-state index in [2.05, 4.69) is 4.98 Å². The van der Waals surface area contributed by atoms with E-state index in [4.69, 9.17) is 4.98 Å². The van der Waals surface area contributed by atoms with Gasteiger partial charge in [-0.3, -0.25) is 9.59 Å². The Bertz CT molecular complexity index is 853. The van der Waals surface area contributed by atoms with E-state index < -0.39 is 0 Å². The molecule has 1 fully saturated rings. The van der Waals surface area contributed by atoms with Crippen molar-refractivity contribution in [3.05, 3.63) is 59.2 Å². The summed E-state index contributed by atoms with van der Waals surface area (Å²) in [6.07, 6.45) is 4.91. The molecule has 2 aliphatic rings. The second kappa shape index (κ2) is 7.47. The van der Waals surface area contributed by atoms with Crippen molar-refractivity contribution >= 4 is 11.8 Å². The van der Waals surface area contributed by atoms with Gasteiger partial charge in [0.25, 0.3) is 0 Å². The van der Waals surface area contributed by atoms with Crippen molar-refractivity contribution < 1.29 is 9.59 Å². The minimum absolute atomic E-state index is 0.00876. The summed E-state index contributed by atoms with van der Waals surface area (Å²) in [4.78, 5) is 37.5. The molecule has 1 atom stereocenters. The molecule has 0 bridgehead atoms. The van der Waals surface area contributed by atoms with E-state index in [9.17, 15) is 9.59 Å². The molecule has 6 heteroatoms. The fraction of sp³-hybridized carbons (Fsp3) is 0.429. The SMILES string of the molecule is CC(=O)N1CCC[C@@H]1c1ncc2c(n1)CCN(C(=O)Cc1ccccc1)C2. The van der Waals surface area contributed by atoms with Crippen LogP contribution in [0.2, 0.25) is 0 Å². The molecule has 1 aromatic heterocycles. The number of likely N-dealkylation sites (tertiary alicyclic amines) is 1. The molecule has 0 spiro atoms. The van der Waals surface area contributed by atoms with Gasteiger partial charge in [0.15, 0.2) is 5.82 Å². The quantitative estimate of drug-likeness (QED) is 0.838. The fourth-order valence-electron chi connectivity index (χ4n) is 4.00. The van der Waals surface area contributed by atoms with Crippen LogP contribution in [0.15, 0.2) is 36.5 Å². The van der Waals surface area contributed by atoms with Gasteiger partial charge in [0, 0.05) is 44.7 Å². The highest BCUT2D eigenvalue weighted by Gasteiger charge is 2.31. The molecule has 3 heterocycles. The largest absolute Gasteiger partial charge is 0.338 e. The summed E-state index contributed by atoms with van der Waals surface area (Å²) in [5, 5.41) is 0. The van der Waals surface area contributed by atoms with E-state index in [-0.39, 0.29) is 17.9 Å². The van der Waals surface area contributed by atoms with Gasteiger partial charge >= 0.3 is 0 Å². The van der Waals surface area contributed by atoms with Gasteiger partial charge in [0.1, 0.15) is 0 Å². The van der Waals surface area contributed by atoms with E-state index >= 15 is 0 Å². The van der Waals surface area contributed by atoms with Crippen LogP contribution in [0.3, 0.4) is 0 Å². The number of aromatic nitrogens is 2. The van der Waals surface area contributed by atoms with Crippen LogP contribution >= 0.6 is 0 Å². The maximum absolute atomic E-state index is 12.6. The smallest absolute Gasteiger partial charge is 0.227 e. The maximum atomic E-state index is 12.6. The predicted octanol–water partition coefficient (Wildman–Crippen LogP) is 2.29. The van der Waals surface area contributed by atoms with Crippen molar-refractivity contribution in [2.24, 2.45) is 0 Å². The number of hydrogen-bond donors (Lipinski definition) is 0. The molecule has 0 N–H and O–H groups in total. The Kier molecular flexibility index (Phi) is 4.88. The van der Waals surface area contributed by atoms with Gasteiger partial charge in [-0.1, -0.05) is 30.3 Å². The Morgan fingerprint density at radius 3 is 2.78 bits per heavy atom. The number of benzene rings is 1. The van der Waals surface area contributed by atoms with Crippen LogP contribution in [-0.4, -0.2) is 44.7 Å². The van der Waals surface area contributed by atoms with Gasteiger partial charge in [-0.25, -0.2) is 9.97 Å². The van der Waals surface area contributed by atoms with Gasteiger partial charge < -0.3 is 9.80 Å². The second-order valence-electron chi connectivity index (χ2n) is 7.30. The molecule has 0 unspecified atom stereocenters. The average Bonchev–Trinajstić information content (AvgIpc) is 3.18. The van der Waals surface area contributed by atoms with Crippen molar-refractivity contribution in [1.82, 2.24) is 19.8 Å². The number of fused-ring (bicyclic) bond motifs is 1. The summed E-state index contributed by atoms with van der Waals surface area (Å²) >= 11 is 0. The topological polar surface area (TPSA) is 66.4 Å². The summed E-state index contributed by atoms with van der Waals surface area (Å²) in [6.45, 7) is 3.62. The standard InChI is InChI=1S/C21H24N4O2/c1-15(26)25-10-5-8-19(25)21-22-13-17-14-24(11-9-18(17)23-21)20(27)12-16-6-3-2-4-7-16/h2-4,6-7,13,19H,5,8-12,14H2,1H3/t19-/m1/s1. The van der Waals surface area contributed by atoms with Gasteiger partial charge in [-0.2, -0.15) is 0 Å². The van der Waals surface area contributed by atoms with E-state index in [1.807, 2.05) is 46.3 Å². The predicted molar refractivity (Wildman–Crippen MR) is 101 cm³/mol. The minimum Gasteiger partial charge on any atom is -0.338 e. The Labute approximate surface area is 159 Å². The van der Waals surface area contributed by atoms with Crippen LogP contribution < -0.4 is 0 Å². The monoisotopic (exact) mass is 364 g/mol. The highest BCUT2D eigenvalue weighted by Crippen LogP contribution is 2.30. The molecule has 4 rings (SSSR count). The third kappa shape index (κ3) is 3.70. The van der Waals surface area contributed by atoms with Crippen molar-refractivity contribution in [3.8, 4) is 0 Å². The lowest BCUT2D eigenvalue weighted by atomic mass is 10.0. The zero-order chi connectivity index (χ0) is 18.8. The number of rotatable bonds is 3. The van der Waals surface area contributed by atoms with E-state index in [1.165, 1.54) is 0 Å². The lowest BCUT2D eigenvalue weighted by Gasteiger charge is -2.29. The number of hydrogen-bond acceptors (Lipinski definition) is 4. The summed E-state index contributed by atoms with van der Waals surface area (Å²) in [6, 6.07) is 9.82. The van der Waals surface area contributed by atoms with Crippen LogP contribution in [0.25, 0.3) is 0 Å². The Morgan fingerprint density at radius 2 is 2.00 bits per heavy atom. The maximum Gasteiger partial charge on any atom is 0.227 e. The first-order valence-corrected chi connectivity index (χ1v) is 9.55. The first kappa shape index (κ1) is 17.6. The Balaban J connectivity index is 1.46. The molecule has 1 aromatic carbocycles. The lowest BCUT2D eigenvalue weighted by molar-refractivity contribution is -0.131. The number of amides is 2. The second-order valence-corrected chi connectivity index (χ2v) is 7.30. The van der Waals surface area contributed by atoms with E-state index in [1.54, 1.807) is 6.92 Å². The number of carbonyl (C=O) groups excluding carboxylic acids is 2. The van der Waals surface area contributed by atoms with Crippen LogP contribution in [0.1, 0.15) is 48.5 Å². The minimum atomic E-state index is -0.00876. The highest BCUT2D eigenvalue weighted by molar-refractivity contribution is 5.79. The van der Waals surface area contributed by atoms with E-state index in [0.29, 0.717) is 19.5 Å². The average molecular weight is 364 g/mol. The van der Waals surface area contributed by atoms with Gasteiger partial charge in [0.05, 0.1) is 18.2 Å². The van der Waals surface area contributed by atoms with E-state index in [0.717, 1.165) is 48.5 Å². The van der Waals surface area contributed by atoms with Crippen molar-refractivity contribution in [2.75, 3.05) is 13.1 Å². The molecule has 140 valence electrons. The summed E-state index contributed by atoms with van der Waals surface area (Å²) in [7, 11) is 0. The number of nitrogens with zero attached hydrogens (tertiary/aromatic N) is 4. The van der Waals surface area contributed by atoms with Crippen LogP contribution in [0, 0.1) is 0 Å². The van der Waals surface area contributed by atoms with Gasteiger partial charge in [-0.15, -0.1) is 0 Å².